The van der Waals surface area contributed by atoms with Gasteiger partial charge in [-0.1, -0.05) is 11.6 Å². The lowest BCUT2D eigenvalue weighted by molar-refractivity contribution is -0.116. The van der Waals surface area contributed by atoms with E-state index in [1.54, 1.807) is 22.9 Å². The van der Waals surface area contributed by atoms with Crippen molar-refractivity contribution in [1.29, 1.82) is 0 Å². The molecule has 1 amide bonds. The number of tetrazole rings is 1. The van der Waals surface area contributed by atoms with Gasteiger partial charge in [0.25, 0.3) is 0 Å². The standard InChI is InChI=1S/C19H17ClFN5O2/c20-16-8-5-14(11-17(16)26-19(12-1-2-12)23-24-25-26)22-18(27)9-10-28-15-6-3-13(21)4-7-15/h3-8,11-12H,1-2,9-10H2,(H,22,27). The minimum Gasteiger partial charge on any atom is -0.493 e. The third kappa shape index (κ3) is 4.28. The van der Waals surface area contributed by atoms with Crippen LogP contribution in [0.4, 0.5) is 10.1 Å². The Hall–Kier alpha value is -3.00. The summed E-state index contributed by atoms with van der Waals surface area (Å²) in [4.78, 5) is 12.2. The zero-order valence-electron chi connectivity index (χ0n) is 14.8. The average Bonchev–Trinajstić information content (AvgIpc) is 3.42. The number of hydrogen-bond acceptors (Lipinski definition) is 5. The van der Waals surface area contributed by atoms with Gasteiger partial charge in [-0.05, 0) is 65.7 Å². The maximum absolute atomic E-state index is 12.9. The van der Waals surface area contributed by atoms with Crippen molar-refractivity contribution < 1.29 is 13.9 Å². The summed E-state index contributed by atoms with van der Waals surface area (Å²) in [6.45, 7) is 0.177. The van der Waals surface area contributed by atoms with Crippen LogP contribution in [-0.4, -0.2) is 32.7 Å². The van der Waals surface area contributed by atoms with E-state index in [0.29, 0.717) is 28.1 Å². The second kappa shape index (κ2) is 7.93. The molecule has 0 aliphatic heterocycles. The number of aromatic nitrogens is 4. The molecule has 0 spiro atoms. The van der Waals surface area contributed by atoms with E-state index >= 15 is 0 Å². The fraction of sp³-hybridized carbons (Fsp3) is 0.263. The van der Waals surface area contributed by atoms with E-state index in [1.807, 2.05) is 0 Å². The molecule has 28 heavy (non-hydrogen) atoms. The molecule has 1 aromatic heterocycles. The molecule has 1 saturated carbocycles. The van der Waals surface area contributed by atoms with Gasteiger partial charge >= 0.3 is 0 Å². The van der Waals surface area contributed by atoms with Crippen LogP contribution in [0, 0.1) is 5.82 Å². The van der Waals surface area contributed by atoms with Crippen LogP contribution in [0.1, 0.15) is 31.0 Å². The Labute approximate surface area is 165 Å². The molecular formula is C19H17ClFN5O2. The van der Waals surface area contributed by atoms with Gasteiger partial charge in [-0.25, -0.2) is 4.39 Å². The van der Waals surface area contributed by atoms with Crippen LogP contribution in [0.15, 0.2) is 42.5 Å². The molecule has 0 radical (unpaired) electrons. The number of amides is 1. The van der Waals surface area contributed by atoms with Crippen molar-refractivity contribution in [3.8, 4) is 11.4 Å². The number of carbonyl (C=O) groups excluding carboxylic acids is 1. The lowest BCUT2D eigenvalue weighted by Gasteiger charge is -2.11. The normalized spacial score (nSPS) is 13.4. The smallest absolute Gasteiger partial charge is 0.227 e. The first-order valence-electron chi connectivity index (χ1n) is 8.86. The third-order valence-corrected chi connectivity index (χ3v) is 4.63. The molecule has 1 heterocycles. The van der Waals surface area contributed by atoms with Crippen molar-refractivity contribution >= 4 is 23.2 Å². The Morgan fingerprint density at radius 3 is 2.79 bits per heavy atom. The van der Waals surface area contributed by atoms with E-state index in [9.17, 15) is 9.18 Å². The number of halogens is 2. The second-order valence-electron chi connectivity index (χ2n) is 6.49. The predicted molar refractivity (Wildman–Crippen MR) is 101 cm³/mol. The van der Waals surface area contributed by atoms with Crippen molar-refractivity contribution in [3.05, 3.63) is 59.1 Å². The van der Waals surface area contributed by atoms with Gasteiger partial charge in [-0.2, -0.15) is 4.68 Å². The summed E-state index contributed by atoms with van der Waals surface area (Å²) < 4.78 is 19.9. The number of hydrogen-bond donors (Lipinski definition) is 1. The topological polar surface area (TPSA) is 81.9 Å². The van der Waals surface area contributed by atoms with Crippen LogP contribution in [0.2, 0.25) is 5.02 Å². The molecule has 1 aliphatic carbocycles. The highest BCUT2D eigenvalue weighted by Gasteiger charge is 2.30. The Bertz CT molecular complexity index is 988. The molecule has 7 nitrogen and oxygen atoms in total. The van der Waals surface area contributed by atoms with E-state index in [-0.39, 0.29) is 24.8 Å². The average molecular weight is 402 g/mol. The van der Waals surface area contributed by atoms with Crippen molar-refractivity contribution in [2.24, 2.45) is 0 Å². The zero-order chi connectivity index (χ0) is 19.5. The zero-order valence-corrected chi connectivity index (χ0v) is 15.6. The fourth-order valence-electron chi connectivity index (χ4n) is 2.73. The van der Waals surface area contributed by atoms with Crippen LogP contribution in [-0.2, 0) is 4.79 Å². The van der Waals surface area contributed by atoms with Crippen LogP contribution in [0.5, 0.6) is 5.75 Å². The summed E-state index contributed by atoms with van der Waals surface area (Å²) in [6.07, 6.45) is 2.26. The monoisotopic (exact) mass is 401 g/mol. The quantitative estimate of drug-likeness (QED) is 0.652. The number of carbonyl (C=O) groups is 1. The fourth-order valence-corrected chi connectivity index (χ4v) is 2.93. The Kier molecular flexibility index (Phi) is 5.21. The van der Waals surface area contributed by atoms with Crippen LogP contribution in [0.3, 0.4) is 0 Å². The minimum atomic E-state index is -0.337. The van der Waals surface area contributed by atoms with Gasteiger partial charge in [0, 0.05) is 11.6 Å². The Morgan fingerprint density at radius 2 is 2.04 bits per heavy atom. The van der Waals surface area contributed by atoms with Crippen molar-refractivity contribution in [1.82, 2.24) is 20.2 Å². The Morgan fingerprint density at radius 1 is 1.25 bits per heavy atom. The molecule has 0 atom stereocenters. The van der Waals surface area contributed by atoms with Crippen molar-refractivity contribution in [2.45, 2.75) is 25.2 Å². The molecule has 0 bridgehead atoms. The third-order valence-electron chi connectivity index (χ3n) is 4.31. The van der Waals surface area contributed by atoms with E-state index in [0.717, 1.165) is 18.7 Å². The van der Waals surface area contributed by atoms with E-state index in [2.05, 4.69) is 20.8 Å². The van der Waals surface area contributed by atoms with E-state index < -0.39 is 0 Å². The minimum absolute atomic E-state index is 0.146. The van der Waals surface area contributed by atoms with Gasteiger partial charge < -0.3 is 10.1 Å². The summed E-state index contributed by atoms with van der Waals surface area (Å²) in [6, 6.07) is 10.8. The molecule has 0 unspecified atom stereocenters. The summed E-state index contributed by atoms with van der Waals surface area (Å²) in [5.41, 5.74) is 1.21. The summed E-state index contributed by atoms with van der Waals surface area (Å²) >= 11 is 6.31. The van der Waals surface area contributed by atoms with E-state index in [1.165, 1.54) is 24.3 Å². The summed E-state index contributed by atoms with van der Waals surface area (Å²) in [7, 11) is 0. The van der Waals surface area contributed by atoms with Crippen LogP contribution >= 0.6 is 11.6 Å². The number of nitrogens with zero attached hydrogens (tertiary/aromatic N) is 4. The largest absolute Gasteiger partial charge is 0.493 e. The second-order valence-corrected chi connectivity index (χ2v) is 6.90. The number of benzene rings is 2. The predicted octanol–water partition coefficient (Wildman–Crippen LogP) is 3.74. The summed E-state index contributed by atoms with van der Waals surface area (Å²) in [5, 5.41) is 15.2. The molecule has 1 aliphatic rings. The van der Waals surface area contributed by atoms with Gasteiger partial charge in [-0.15, -0.1) is 5.10 Å². The lowest BCUT2D eigenvalue weighted by Crippen LogP contribution is -2.15. The van der Waals surface area contributed by atoms with Crippen molar-refractivity contribution in [2.75, 3.05) is 11.9 Å². The highest BCUT2D eigenvalue weighted by atomic mass is 35.5. The van der Waals surface area contributed by atoms with Gasteiger partial charge in [0.15, 0.2) is 5.82 Å². The van der Waals surface area contributed by atoms with Crippen LogP contribution < -0.4 is 10.1 Å². The molecular weight excluding hydrogens is 385 g/mol. The van der Waals surface area contributed by atoms with Gasteiger partial charge in [0.05, 0.1) is 23.7 Å². The molecule has 144 valence electrons. The summed E-state index contributed by atoms with van der Waals surface area (Å²) in [5.74, 6) is 1.09. The molecule has 9 heteroatoms. The molecule has 0 saturated heterocycles. The molecule has 1 N–H and O–H groups in total. The molecule has 4 rings (SSSR count). The molecule has 1 fully saturated rings. The van der Waals surface area contributed by atoms with E-state index in [4.69, 9.17) is 16.3 Å². The SMILES string of the molecule is O=C(CCOc1ccc(F)cc1)Nc1ccc(Cl)c(-n2nnnc2C2CC2)c1. The first-order chi connectivity index (χ1) is 13.6. The molecule has 3 aromatic rings. The van der Waals surface area contributed by atoms with Gasteiger partial charge in [-0.3, -0.25) is 4.79 Å². The lowest BCUT2D eigenvalue weighted by atomic mass is 10.2. The number of ether oxygens (including phenoxy) is 1. The Balaban J connectivity index is 1.38. The highest BCUT2D eigenvalue weighted by Crippen LogP contribution is 2.40. The maximum Gasteiger partial charge on any atom is 0.227 e. The first-order valence-corrected chi connectivity index (χ1v) is 9.24. The van der Waals surface area contributed by atoms with Gasteiger partial charge in [0.2, 0.25) is 5.91 Å². The molecule has 2 aromatic carbocycles. The number of rotatable bonds is 7. The number of nitrogens with one attached hydrogen (secondary N) is 1. The maximum atomic E-state index is 12.9. The number of anilines is 1. The van der Waals surface area contributed by atoms with Crippen LogP contribution in [0.25, 0.3) is 5.69 Å². The first kappa shape index (κ1) is 18.4. The highest BCUT2D eigenvalue weighted by molar-refractivity contribution is 6.32. The van der Waals surface area contributed by atoms with Gasteiger partial charge in [0.1, 0.15) is 11.6 Å². The van der Waals surface area contributed by atoms with Crippen molar-refractivity contribution in [3.63, 3.8) is 0 Å².